The molecule has 1 aliphatic heterocycles. The van der Waals surface area contributed by atoms with Crippen LogP contribution < -0.4 is 10.1 Å². The highest BCUT2D eigenvalue weighted by Gasteiger charge is 2.29. The van der Waals surface area contributed by atoms with Crippen molar-refractivity contribution in [2.45, 2.75) is 30.7 Å². The third kappa shape index (κ3) is 4.71. The normalized spacial score (nSPS) is 20.0. The van der Waals surface area contributed by atoms with Gasteiger partial charge in [0.15, 0.2) is 6.61 Å². The number of carbonyl (C=O) groups is 1. The summed E-state index contributed by atoms with van der Waals surface area (Å²) in [6.07, 6.45) is 2.34. The standard InChI is InChI=1S/C17H24N2O5S/c1-13(14-2-3-14)18-17(20)12-24-15-4-6-16(7-5-15)25(21,22)19-8-10-23-11-9-19/h4-7,13-14H,2-3,8-12H2,1H3,(H,18,20)/t13-/m0/s1. The van der Waals surface area contributed by atoms with Crippen molar-refractivity contribution in [3.8, 4) is 5.75 Å². The summed E-state index contributed by atoms with van der Waals surface area (Å²) in [5.74, 6) is 0.896. The van der Waals surface area contributed by atoms with Crippen molar-refractivity contribution in [2.75, 3.05) is 32.9 Å². The van der Waals surface area contributed by atoms with Gasteiger partial charge in [0.25, 0.3) is 5.91 Å². The highest BCUT2D eigenvalue weighted by atomic mass is 32.2. The summed E-state index contributed by atoms with van der Waals surface area (Å²) in [6, 6.07) is 6.34. The average molecular weight is 368 g/mol. The van der Waals surface area contributed by atoms with E-state index in [0.29, 0.717) is 38.0 Å². The van der Waals surface area contributed by atoms with Crippen molar-refractivity contribution in [3.05, 3.63) is 24.3 Å². The first-order valence-corrected chi connectivity index (χ1v) is 10.0. The minimum atomic E-state index is -3.51. The van der Waals surface area contributed by atoms with E-state index < -0.39 is 10.0 Å². The molecule has 0 unspecified atom stereocenters. The smallest absolute Gasteiger partial charge is 0.258 e. The van der Waals surface area contributed by atoms with Gasteiger partial charge in [0, 0.05) is 19.1 Å². The Morgan fingerprint density at radius 2 is 1.92 bits per heavy atom. The molecule has 1 N–H and O–H groups in total. The highest BCUT2D eigenvalue weighted by Crippen LogP contribution is 2.32. The fourth-order valence-electron chi connectivity index (χ4n) is 2.80. The van der Waals surface area contributed by atoms with E-state index in [2.05, 4.69) is 5.32 Å². The number of ether oxygens (including phenoxy) is 2. The minimum absolute atomic E-state index is 0.0768. The summed E-state index contributed by atoms with van der Waals surface area (Å²) < 4.78 is 37.1. The first-order chi connectivity index (χ1) is 12.0. The summed E-state index contributed by atoms with van der Waals surface area (Å²) >= 11 is 0. The fourth-order valence-corrected chi connectivity index (χ4v) is 4.21. The molecule has 8 heteroatoms. The Balaban J connectivity index is 1.53. The quantitative estimate of drug-likeness (QED) is 0.776. The van der Waals surface area contributed by atoms with Crippen LogP contribution in [0.4, 0.5) is 0 Å². The summed E-state index contributed by atoms with van der Waals surface area (Å²) in [7, 11) is -3.51. The van der Waals surface area contributed by atoms with E-state index in [1.807, 2.05) is 6.92 Å². The summed E-state index contributed by atoms with van der Waals surface area (Å²) in [4.78, 5) is 12.1. The maximum Gasteiger partial charge on any atom is 0.258 e. The van der Waals surface area contributed by atoms with Crippen LogP contribution >= 0.6 is 0 Å². The molecule has 0 spiro atoms. The molecule has 2 aliphatic rings. The van der Waals surface area contributed by atoms with Crippen LogP contribution in [0, 0.1) is 5.92 Å². The van der Waals surface area contributed by atoms with Gasteiger partial charge >= 0.3 is 0 Å². The van der Waals surface area contributed by atoms with Crippen LogP contribution in [0.3, 0.4) is 0 Å². The number of rotatable bonds is 7. The molecule has 3 rings (SSSR count). The molecule has 0 aromatic heterocycles. The van der Waals surface area contributed by atoms with E-state index in [-0.39, 0.29) is 23.5 Å². The second-order valence-corrected chi connectivity index (χ2v) is 8.41. The molecule has 1 amide bonds. The Bertz CT molecular complexity index is 694. The lowest BCUT2D eigenvalue weighted by molar-refractivity contribution is -0.123. The largest absolute Gasteiger partial charge is 0.484 e. The van der Waals surface area contributed by atoms with E-state index in [9.17, 15) is 13.2 Å². The van der Waals surface area contributed by atoms with Crippen molar-refractivity contribution in [1.29, 1.82) is 0 Å². The molecule has 0 bridgehead atoms. The van der Waals surface area contributed by atoms with Gasteiger partial charge in [0.05, 0.1) is 18.1 Å². The predicted octanol–water partition coefficient (Wildman–Crippen LogP) is 1.00. The lowest BCUT2D eigenvalue weighted by Crippen LogP contribution is -2.40. The molecule has 0 radical (unpaired) electrons. The van der Waals surface area contributed by atoms with E-state index in [0.717, 1.165) is 0 Å². The zero-order valence-corrected chi connectivity index (χ0v) is 15.1. The maximum absolute atomic E-state index is 12.5. The van der Waals surface area contributed by atoms with Crippen LogP contribution in [0.25, 0.3) is 0 Å². The molecule has 7 nitrogen and oxygen atoms in total. The molecule has 2 fully saturated rings. The van der Waals surface area contributed by atoms with Gasteiger partial charge in [-0.2, -0.15) is 4.31 Å². The Morgan fingerprint density at radius 1 is 1.28 bits per heavy atom. The number of hydrogen-bond acceptors (Lipinski definition) is 5. The van der Waals surface area contributed by atoms with Crippen LogP contribution in [-0.4, -0.2) is 57.6 Å². The van der Waals surface area contributed by atoms with Crippen molar-refractivity contribution >= 4 is 15.9 Å². The van der Waals surface area contributed by atoms with Gasteiger partial charge in [-0.1, -0.05) is 0 Å². The molecule has 25 heavy (non-hydrogen) atoms. The van der Waals surface area contributed by atoms with Crippen molar-refractivity contribution in [2.24, 2.45) is 5.92 Å². The third-order valence-electron chi connectivity index (χ3n) is 4.52. The van der Waals surface area contributed by atoms with Crippen LogP contribution in [-0.2, 0) is 19.6 Å². The number of hydrogen-bond donors (Lipinski definition) is 1. The van der Waals surface area contributed by atoms with E-state index in [1.54, 1.807) is 12.1 Å². The van der Waals surface area contributed by atoms with Gasteiger partial charge in [-0.25, -0.2) is 8.42 Å². The van der Waals surface area contributed by atoms with E-state index >= 15 is 0 Å². The van der Waals surface area contributed by atoms with Crippen molar-refractivity contribution < 1.29 is 22.7 Å². The molecule has 138 valence electrons. The van der Waals surface area contributed by atoms with Crippen LogP contribution in [0.15, 0.2) is 29.2 Å². The molecule has 1 aromatic rings. The number of nitrogens with one attached hydrogen (secondary N) is 1. The summed E-state index contributed by atoms with van der Waals surface area (Å²) in [5, 5.41) is 2.91. The van der Waals surface area contributed by atoms with Gasteiger partial charge in [0.2, 0.25) is 10.0 Å². The van der Waals surface area contributed by atoms with Gasteiger partial charge < -0.3 is 14.8 Å². The maximum atomic E-state index is 12.5. The highest BCUT2D eigenvalue weighted by molar-refractivity contribution is 7.89. The molecule has 1 aliphatic carbocycles. The molecular weight excluding hydrogens is 344 g/mol. The number of carbonyl (C=O) groups excluding carboxylic acids is 1. The summed E-state index contributed by atoms with van der Waals surface area (Å²) in [6.45, 7) is 3.47. The Morgan fingerprint density at radius 3 is 2.52 bits per heavy atom. The molecule has 1 saturated heterocycles. The molecule has 1 saturated carbocycles. The second-order valence-electron chi connectivity index (χ2n) is 6.47. The Kier molecular flexibility index (Phi) is 5.61. The number of morpholine rings is 1. The number of amides is 1. The lowest BCUT2D eigenvalue weighted by Gasteiger charge is -2.26. The number of nitrogens with zero attached hydrogens (tertiary/aromatic N) is 1. The molecule has 1 aromatic carbocycles. The van der Waals surface area contributed by atoms with Crippen molar-refractivity contribution in [3.63, 3.8) is 0 Å². The Hall–Kier alpha value is -1.64. The SMILES string of the molecule is C[C@H](NC(=O)COc1ccc(S(=O)(=O)N2CCOCC2)cc1)C1CC1. The molecular formula is C17H24N2O5S. The predicted molar refractivity (Wildman–Crippen MR) is 91.8 cm³/mol. The van der Waals surface area contributed by atoms with Gasteiger partial charge in [-0.3, -0.25) is 4.79 Å². The van der Waals surface area contributed by atoms with Crippen LogP contribution in [0.1, 0.15) is 19.8 Å². The number of sulfonamides is 1. The van der Waals surface area contributed by atoms with Gasteiger partial charge in [-0.15, -0.1) is 0 Å². The minimum Gasteiger partial charge on any atom is -0.484 e. The van der Waals surface area contributed by atoms with Gasteiger partial charge in [-0.05, 0) is 49.9 Å². The summed E-state index contributed by atoms with van der Waals surface area (Å²) in [5.41, 5.74) is 0. The first-order valence-electron chi connectivity index (χ1n) is 8.57. The van der Waals surface area contributed by atoms with E-state index in [1.165, 1.54) is 29.3 Å². The molecule has 1 atom stereocenters. The van der Waals surface area contributed by atoms with Crippen molar-refractivity contribution in [1.82, 2.24) is 9.62 Å². The average Bonchev–Trinajstić information content (AvgIpc) is 3.46. The second kappa shape index (κ2) is 7.72. The van der Waals surface area contributed by atoms with E-state index in [4.69, 9.17) is 9.47 Å². The van der Waals surface area contributed by atoms with Gasteiger partial charge in [0.1, 0.15) is 5.75 Å². The molecule has 1 heterocycles. The number of benzene rings is 1. The lowest BCUT2D eigenvalue weighted by atomic mass is 10.2. The fraction of sp³-hybridized carbons (Fsp3) is 0.588. The monoisotopic (exact) mass is 368 g/mol. The third-order valence-corrected chi connectivity index (χ3v) is 6.43. The zero-order valence-electron chi connectivity index (χ0n) is 14.3. The first kappa shape index (κ1) is 18.2. The topological polar surface area (TPSA) is 84.9 Å². The van der Waals surface area contributed by atoms with Crippen LogP contribution in [0.5, 0.6) is 5.75 Å². The van der Waals surface area contributed by atoms with Crippen LogP contribution in [0.2, 0.25) is 0 Å². The zero-order chi connectivity index (χ0) is 17.9. The Labute approximate surface area is 148 Å².